The van der Waals surface area contributed by atoms with Gasteiger partial charge in [0.2, 0.25) is 0 Å². The van der Waals surface area contributed by atoms with E-state index in [1.807, 2.05) is 20.8 Å². The number of alkyl carbamates (subject to hydrolysis) is 1. The fraction of sp³-hybridized carbons (Fsp3) is 0.941. The summed E-state index contributed by atoms with van der Waals surface area (Å²) in [4.78, 5) is 11.7. The number of carbonyl (C=O) groups is 1. The zero-order valence-corrected chi connectivity index (χ0v) is 15.3. The number of rotatable bonds is 8. The Morgan fingerprint density at radius 3 is 2.10 bits per heavy atom. The molecule has 0 aromatic heterocycles. The van der Waals surface area contributed by atoms with Crippen LogP contribution in [0.3, 0.4) is 0 Å². The van der Waals surface area contributed by atoms with Gasteiger partial charge in [-0.25, -0.2) is 4.79 Å². The van der Waals surface area contributed by atoms with Gasteiger partial charge in [0.25, 0.3) is 0 Å². The molecule has 2 N–H and O–H groups in total. The summed E-state index contributed by atoms with van der Waals surface area (Å²) in [5.74, 6) is 0.919. The smallest absolute Gasteiger partial charge is 0.407 e. The van der Waals surface area contributed by atoms with Crippen molar-refractivity contribution in [1.29, 1.82) is 0 Å². The summed E-state index contributed by atoms with van der Waals surface area (Å²) in [6.45, 7) is 19.3. The predicted octanol–water partition coefficient (Wildman–Crippen LogP) is 3.81. The Hall–Kier alpha value is -0.770. The molecule has 0 saturated heterocycles. The monoisotopic (exact) mass is 300 g/mol. The van der Waals surface area contributed by atoms with E-state index in [1.165, 1.54) is 0 Å². The van der Waals surface area contributed by atoms with Crippen LogP contribution in [-0.2, 0) is 4.74 Å². The van der Waals surface area contributed by atoms with Crippen LogP contribution in [-0.4, -0.2) is 31.3 Å². The van der Waals surface area contributed by atoms with E-state index in [0.29, 0.717) is 23.8 Å². The van der Waals surface area contributed by atoms with Crippen molar-refractivity contribution in [3.8, 4) is 0 Å². The van der Waals surface area contributed by atoms with Crippen LogP contribution in [0, 0.1) is 17.3 Å². The highest BCUT2D eigenvalue weighted by Gasteiger charge is 2.20. The second kappa shape index (κ2) is 8.62. The van der Waals surface area contributed by atoms with Gasteiger partial charge in [0.05, 0.1) is 0 Å². The molecule has 0 rings (SSSR count). The SMILES string of the molecule is CCC(C)(C)CNCC(CNC(=O)OC(C)(C)C)C(C)C. The molecule has 1 atom stereocenters. The molecule has 0 aliphatic rings. The molecular formula is C17H36N2O2. The van der Waals surface area contributed by atoms with Crippen molar-refractivity contribution in [2.75, 3.05) is 19.6 Å². The minimum absolute atomic E-state index is 0.320. The van der Waals surface area contributed by atoms with Crippen molar-refractivity contribution in [3.05, 3.63) is 0 Å². The molecule has 0 bridgehead atoms. The highest BCUT2D eigenvalue weighted by atomic mass is 16.6. The second-order valence-electron chi connectivity index (χ2n) is 8.04. The average Bonchev–Trinajstić information content (AvgIpc) is 2.30. The van der Waals surface area contributed by atoms with Crippen molar-refractivity contribution >= 4 is 6.09 Å². The Bertz CT molecular complexity index is 306. The normalized spacial score (nSPS) is 14.1. The first-order valence-electron chi connectivity index (χ1n) is 8.14. The first kappa shape index (κ1) is 20.2. The van der Waals surface area contributed by atoms with Crippen molar-refractivity contribution in [1.82, 2.24) is 10.6 Å². The molecule has 126 valence electrons. The molecule has 0 saturated carbocycles. The fourth-order valence-corrected chi connectivity index (χ4v) is 1.79. The maximum atomic E-state index is 11.7. The van der Waals surface area contributed by atoms with Gasteiger partial charge < -0.3 is 15.4 Å². The maximum absolute atomic E-state index is 11.7. The van der Waals surface area contributed by atoms with Crippen molar-refractivity contribution in [2.24, 2.45) is 17.3 Å². The Morgan fingerprint density at radius 1 is 1.10 bits per heavy atom. The van der Waals surface area contributed by atoms with Gasteiger partial charge in [-0.2, -0.15) is 0 Å². The average molecular weight is 300 g/mol. The zero-order valence-electron chi connectivity index (χ0n) is 15.3. The largest absolute Gasteiger partial charge is 0.444 e. The predicted molar refractivity (Wildman–Crippen MR) is 89.5 cm³/mol. The van der Waals surface area contributed by atoms with Crippen LogP contribution in [0.1, 0.15) is 61.8 Å². The highest BCUT2D eigenvalue weighted by Crippen LogP contribution is 2.18. The lowest BCUT2D eigenvalue weighted by atomic mass is 9.89. The molecule has 1 amide bonds. The molecule has 0 aliphatic heterocycles. The van der Waals surface area contributed by atoms with E-state index in [-0.39, 0.29) is 6.09 Å². The van der Waals surface area contributed by atoms with Crippen molar-refractivity contribution < 1.29 is 9.53 Å². The van der Waals surface area contributed by atoms with Crippen LogP contribution in [0.25, 0.3) is 0 Å². The van der Waals surface area contributed by atoms with Gasteiger partial charge in [-0.1, -0.05) is 34.6 Å². The second-order valence-corrected chi connectivity index (χ2v) is 8.04. The minimum atomic E-state index is -0.444. The molecule has 0 radical (unpaired) electrons. The van der Waals surface area contributed by atoms with Crippen LogP contribution in [0.2, 0.25) is 0 Å². The van der Waals surface area contributed by atoms with E-state index >= 15 is 0 Å². The quantitative estimate of drug-likeness (QED) is 0.716. The first-order valence-corrected chi connectivity index (χ1v) is 8.14. The Balaban J connectivity index is 4.18. The van der Waals surface area contributed by atoms with Gasteiger partial charge in [0.1, 0.15) is 5.60 Å². The number of hydrogen-bond donors (Lipinski definition) is 2. The lowest BCUT2D eigenvalue weighted by Crippen LogP contribution is -2.41. The van der Waals surface area contributed by atoms with E-state index in [1.54, 1.807) is 0 Å². The van der Waals surface area contributed by atoms with Crippen molar-refractivity contribution in [2.45, 2.75) is 67.4 Å². The molecular weight excluding hydrogens is 264 g/mol. The summed E-state index contributed by atoms with van der Waals surface area (Å²) in [6.07, 6.45) is 0.824. The minimum Gasteiger partial charge on any atom is -0.444 e. The standard InChI is InChI=1S/C17H36N2O2/c1-9-17(7,8)12-18-10-14(13(2)3)11-19-15(20)21-16(4,5)6/h13-14,18H,9-12H2,1-8H3,(H,19,20). The molecule has 0 aromatic rings. The fourth-order valence-electron chi connectivity index (χ4n) is 1.79. The summed E-state index contributed by atoms with van der Waals surface area (Å²) in [6, 6.07) is 0. The van der Waals surface area contributed by atoms with Gasteiger partial charge in [0.15, 0.2) is 0 Å². The van der Waals surface area contributed by atoms with E-state index in [2.05, 4.69) is 45.3 Å². The van der Waals surface area contributed by atoms with Crippen LogP contribution < -0.4 is 10.6 Å². The topological polar surface area (TPSA) is 50.4 Å². The molecule has 0 aliphatic carbocycles. The van der Waals surface area contributed by atoms with Crippen molar-refractivity contribution in [3.63, 3.8) is 0 Å². The molecule has 0 fully saturated rings. The summed E-state index contributed by atoms with van der Waals surface area (Å²) in [7, 11) is 0. The maximum Gasteiger partial charge on any atom is 0.407 e. The zero-order chi connectivity index (χ0) is 16.7. The lowest BCUT2D eigenvalue weighted by Gasteiger charge is -2.27. The molecule has 21 heavy (non-hydrogen) atoms. The van der Waals surface area contributed by atoms with Crippen LogP contribution in [0.15, 0.2) is 0 Å². The first-order chi connectivity index (χ1) is 9.47. The summed E-state index contributed by atoms with van der Waals surface area (Å²) in [5.41, 5.74) is -0.124. The molecule has 0 heterocycles. The van der Waals surface area contributed by atoms with E-state index in [4.69, 9.17) is 4.74 Å². The summed E-state index contributed by atoms with van der Waals surface area (Å²) >= 11 is 0. The van der Waals surface area contributed by atoms with Crippen LogP contribution in [0.5, 0.6) is 0 Å². The third-order valence-corrected chi connectivity index (χ3v) is 3.82. The summed E-state index contributed by atoms with van der Waals surface area (Å²) in [5, 5.41) is 6.42. The van der Waals surface area contributed by atoms with Crippen LogP contribution in [0.4, 0.5) is 4.79 Å². The highest BCUT2D eigenvalue weighted by molar-refractivity contribution is 5.67. The van der Waals surface area contributed by atoms with Gasteiger partial charge in [-0.15, -0.1) is 0 Å². The van der Waals surface area contributed by atoms with E-state index in [0.717, 1.165) is 19.5 Å². The number of ether oxygens (including phenoxy) is 1. The number of nitrogens with one attached hydrogen (secondary N) is 2. The Labute approximate surface area is 131 Å². The van der Waals surface area contributed by atoms with Gasteiger partial charge >= 0.3 is 6.09 Å². The summed E-state index contributed by atoms with van der Waals surface area (Å²) < 4.78 is 5.27. The van der Waals surface area contributed by atoms with Gasteiger partial charge in [-0.05, 0) is 51.0 Å². The molecule has 0 spiro atoms. The molecule has 0 aromatic carbocycles. The molecule has 4 heteroatoms. The van der Waals surface area contributed by atoms with Crippen LogP contribution >= 0.6 is 0 Å². The Morgan fingerprint density at radius 2 is 1.67 bits per heavy atom. The van der Waals surface area contributed by atoms with E-state index in [9.17, 15) is 4.79 Å². The van der Waals surface area contributed by atoms with E-state index < -0.39 is 5.60 Å². The Kier molecular flexibility index (Phi) is 8.30. The number of carbonyl (C=O) groups excluding carboxylic acids is 1. The molecule has 4 nitrogen and oxygen atoms in total. The number of amides is 1. The third-order valence-electron chi connectivity index (χ3n) is 3.82. The van der Waals surface area contributed by atoms with Gasteiger partial charge in [-0.3, -0.25) is 0 Å². The van der Waals surface area contributed by atoms with Gasteiger partial charge in [0, 0.05) is 13.1 Å². The molecule has 1 unspecified atom stereocenters. The third kappa shape index (κ3) is 10.6. The number of hydrogen-bond acceptors (Lipinski definition) is 3. The lowest BCUT2D eigenvalue weighted by molar-refractivity contribution is 0.0514.